The number of nitrogens with one attached hydrogen (secondary N) is 2. The van der Waals surface area contributed by atoms with Gasteiger partial charge in [-0.15, -0.1) is 0 Å². The number of hydrogen-bond donors (Lipinski definition) is 2. The van der Waals surface area contributed by atoms with Crippen LogP contribution >= 0.6 is 0 Å². The summed E-state index contributed by atoms with van der Waals surface area (Å²) in [5, 5.41) is 17.2. The maximum absolute atomic E-state index is 4.54. The Labute approximate surface area is 161 Å². The van der Waals surface area contributed by atoms with Gasteiger partial charge in [-0.25, -0.2) is 4.68 Å². The summed E-state index contributed by atoms with van der Waals surface area (Å²) in [5.74, 6) is 1.69. The number of benzene rings is 1. The molecule has 27 heavy (non-hydrogen) atoms. The van der Waals surface area contributed by atoms with Crippen molar-refractivity contribution in [3.63, 3.8) is 0 Å². The van der Waals surface area contributed by atoms with Gasteiger partial charge in [0.05, 0.1) is 12.4 Å². The van der Waals surface area contributed by atoms with Gasteiger partial charge in [0.2, 0.25) is 0 Å². The smallest absolute Gasteiger partial charge is 0.139 e. The highest BCUT2D eigenvalue weighted by Crippen LogP contribution is 2.26. The average molecular weight is 368 g/mol. The van der Waals surface area contributed by atoms with E-state index in [1.165, 1.54) is 0 Å². The molecule has 0 radical (unpaired) electrons. The molecule has 7 heteroatoms. The van der Waals surface area contributed by atoms with E-state index >= 15 is 0 Å². The summed E-state index contributed by atoms with van der Waals surface area (Å²) < 4.78 is 1.83. The lowest BCUT2D eigenvalue weighted by Gasteiger charge is -2.17. The summed E-state index contributed by atoms with van der Waals surface area (Å²) in [5.41, 5.74) is 3.79. The number of allylic oxidation sites excluding steroid dienone is 2. The minimum absolute atomic E-state index is 0.782. The molecule has 2 aromatic rings. The fraction of sp³-hybridized carbons (Fsp3) is 0.300. The summed E-state index contributed by atoms with van der Waals surface area (Å²) >= 11 is 0. The van der Waals surface area contributed by atoms with Crippen LogP contribution in [0.3, 0.4) is 0 Å². The lowest BCUT2D eigenvalue weighted by Crippen LogP contribution is -2.13. The summed E-state index contributed by atoms with van der Waals surface area (Å²) in [6.45, 7) is 6.08. The number of hydrogen-bond acceptors (Lipinski definition) is 6. The van der Waals surface area contributed by atoms with Crippen molar-refractivity contribution in [2.75, 3.05) is 50.8 Å². The number of hydrazone groups is 1. The van der Waals surface area contributed by atoms with Crippen LogP contribution in [0, 0.1) is 0 Å². The van der Waals surface area contributed by atoms with Crippen LogP contribution in [0.4, 0.5) is 17.2 Å². The number of aromatic nitrogens is 2. The molecule has 7 nitrogen and oxygen atoms in total. The first-order valence-electron chi connectivity index (χ1n) is 8.74. The molecule has 0 aliphatic carbocycles. The Morgan fingerprint density at radius 2 is 2.00 bits per heavy atom. The first-order chi connectivity index (χ1) is 12.9. The zero-order valence-electron chi connectivity index (χ0n) is 17.0. The molecule has 144 valence electrons. The van der Waals surface area contributed by atoms with Gasteiger partial charge in [-0.2, -0.15) is 10.2 Å². The van der Waals surface area contributed by atoms with E-state index in [0.29, 0.717) is 0 Å². The van der Waals surface area contributed by atoms with Crippen molar-refractivity contribution in [3.05, 3.63) is 48.7 Å². The van der Waals surface area contributed by atoms with E-state index in [9.17, 15) is 0 Å². The minimum atomic E-state index is 0.782. The Bertz CT molecular complexity index is 844. The first kappa shape index (κ1) is 20.1. The van der Waals surface area contributed by atoms with Gasteiger partial charge < -0.3 is 20.5 Å². The molecule has 0 unspecified atom stereocenters. The van der Waals surface area contributed by atoms with Crippen LogP contribution in [0.2, 0.25) is 0 Å². The maximum Gasteiger partial charge on any atom is 0.139 e. The number of rotatable bonds is 8. The molecule has 0 saturated heterocycles. The Hall–Kier alpha value is -3.22. The molecule has 0 bridgehead atoms. The highest BCUT2D eigenvalue weighted by molar-refractivity contribution is 6.10. The summed E-state index contributed by atoms with van der Waals surface area (Å²) in [4.78, 5) is 2.07. The number of anilines is 3. The van der Waals surface area contributed by atoms with E-state index < -0.39 is 0 Å². The minimum Gasteiger partial charge on any atom is -0.378 e. The highest BCUT2D eigenvalue weighted by atomic mass is 15.4. The van der Waals surface area contributed by atoms with Gasteiger partial charge in [-0.05, 0) is 36.8 Å². The van der Waals surface area contributed by atoms with Gasteiger partial charge in [0.1, 0.15) is 11.6 Å². The molecule has 1 heterocycles. The van der Waals surface area contributed by atoms with Crippen molar-refractivity contribution in [3.8, 4) is 0 Å². The van der Waals surface area contributed by atoms with Crippen LogP contribution in [0.25, 0.3) is 11.4 Å². The fourth-order valence-corrected chi connectivity index (χ4v) is 2.52. The summed E-state index contributed by atoms with van der Waals surface area (Å²) in [7, 11) is 9.66. The lowest BCUT2D eigenvalue weighted by molar-refractivity contribution is 0.441. The quantitative estimate of drug-likeness (QED) is 0.552. The molecule has 1 aromatic carbocycles. The molecule has 0 aliphatic rings. The Morgan fingerprint density at radius 1 is 1.26 bits per heavy atom. The van der Waals surface area contributed by atoms with Gasteiger partial charge in [-0.1, -0.05) is 12.6 Å². The van der Waals surface area contributed by atoms with E-state index in [2.05, 4.69) is 44.4 Å². The maximum atomic E-state index is 4.54. The van der Waals surface area contributed by atoms with Gasteiger partial charge in [-0.3, -0.25) is 0 Å². The Morgan fingerprint density at radius 3 is 2.59 bits per heavy atom. The van der Waals surface area contributed by atoms with Crippen molar-refractivity contribution in [2.24, 2.45) is 5.10 Å². The van der Waals surface area contributed by atoms with Crippen LogP contribution in [0.15, 0.2) is 48.2 Å². The standard InChI is InChI=1S/C20H29N7/c1-8-19(24-16-10-9-11-17(12-16)25(4)5)27-20(21-3)18(14-23-27)15(2)13-22-26(6)7/h8-14,21,24H,2H2,1,3-7H3/b19-8-,22-13-. The predicted octanol–water partition coefficient (Wildman–Crippen LogP) is 3.48. The summed E-state index contributed by atoms with van der Waals surface area (Å²) in [6, 6.07) is 8.22. The van der Waals surface area contributed by atoms with Crippen LogP contribution < -0.4 is 15.5 Å². The van der Waals surface area contributed by atoms with Crippen LogP contribution in [-0.2, 0) is 0 Å². The van der Waals surface area contributed by atoms with Gasteiger partial charge in [0.25, 0.3) is 0 Å². The molecule has 0 spiro atoms. The van der Waals surface area contributed by atoms with Crippen LogP contribution in [-0.4, -0.2) is 56.2 Å². The van der Waals surface area contributed by atoms with E-state index in [1.54, 1.807) is 17.4 Å². The zero-order chi connectivity index (χ0) is 20.0. The predicted molar refractivity (Wildman–Crippen MR) is 117 cm³/mol. The lowest BCUT2D eigenvalue weighted by atomic mass is 10.2. The molecule has 0 atom stereocenters. The van der Waals surface area contributed by atoms with E-state index in [-0.39, 0.29) is 0 Å². The fourth-order valence-electron chi connectivity index (χ4n) is 2.52. The Balaban J connectivity index is 2.33. The second kappa shape index (κ2) is 8.93. The van der Waals surface area contributed by atoms with E-state index in [1.807, 2.05) is 65.1 Å². The third kappa shape index (κ3) is 4.91. The van der Waals surface area contributed by atoms with Crippen molar-refractivity contribution < 1.29 is 0 Å². The monoisotopic (exact) mass is 367 g/mol. The molecule has 0 saturated carbocycles. The van der Waals surface area contributed by atoms with Crippen LogP contribution in [0.5, 0.6) is 0 Å². The molecular weight excluding hydrogens is 338 g/mol. The molecule has 0 amide bonds. The third-order valence-electron chi connectivity index (χ3n) is 3.93. The summed E-state index contributed by atoms with van der Waals surface area (Å²) in [6.07, 6.45) is 5.50. The molecule has 1 aromatic heterocycles. The third-order valence-corrected chi connectivity index (χ3v) is 3.93. The van der Waals surface area contributed by atoms with Crippen molar-refractivity contribution in [2.45, 2.75) is 6.92 Å². The molecule has 0 aliphatic heterocycles. The highest BCUT2D eigenvalue weighted by Gasteiger charge is 2.14. The van der Waals surface area contributed by atoms with E-state index in [0.717, 1.165) is 34.2 Å². The largest absolute Gasteiger partial charge is 0.378 e. The average Bonchev–Trinajstić information content (AvgIpc) is 3.08. The second-order valence-electron chi connectivity index (χ2n) is 6.43. The molecular formula is C20H29N7. The first-order valence-corrected chi connectivity index (χ1v) is 8.74. The van der Waals surface area contributed by atoms with Gasteiger partial charge in [0, 0.05) is 52.2 Å². The Kier molecular flexibility index (Phi) is 6.65. The molecule has 2 N–H and O–H groups in total. The SMILES string of the molecule is C=C(/C=N\N(C)C)c1cnn(/C(=C\C)Nc2cccc(N(C)C)c2)c1NC. The number of nitrogens with zero attached hydrogens (tertiary/aromatic N) is 5. The van der Waals surface area contributed by atoms with Crippen molar-refractivity contribution >= 4 is 34.8 Å². The van der Waals surface area contributed by atoms with Gasteiger partial charge in [0.15, 0.2) is 0 Å². The molecule has 2 rings (SSSR count). The van der Waals surface area contributed by atoms with Gasteiger partial charge >= 0.3 is 0 Å². The van der Waals surface area contributed by atoms with Crippen LogP contribution in [0.1, 0.15) is 12.5 Å². The van der Waals surface area contributed by atoms with Crippen molar-refractivity contribution in [1.82, 2.24) is 14.8 Å². The second-order valence-corrected chi connectivity index (χ2v) is 6.43. The van der Waals surface area contributed by atoms with E-state index in [4.69, 9.17) is 0 Å². The molecule has 0 fully saturated rings. The topological polar surface area (TPSA) is 60.7 Å². The zero-order valence-corrected chi connectivity index (χ0v) is 17.0. The van der Waals surface area contributed by atoms with Crippen molar-refractivity contribution in [1.29, 1.82) is 0 Å². The normalized spacial score (nSPS) is 11.6.